The first kappa shape index (κ1) is 19.4. The third-order valence-electron chi connectivity index (χ3n) is 5.37. The molecule has 152 valence electrons. The van der Waals surface area contributed by atoms with E-state index < -0.39 is 0 Å². The largest absolute Gasteiger partial charge is 0.493 e. The number of nitrogens with two attached hydrogens (primary N) is 1. The monoisotopic (exact) mass is 415 g/mol. The Morgan fingerprint density at radius 1 is 1.21 bits per heavy atom. The van der Waals surface area contributed by atoms with Crippen molar-refractivity contribution in [1.29, 1.82) is 0 Å². The van der Waals surface area contributed by atoms with Gasteiger partial charge in [0.2, 0.25) is 5.95 Å². The fourth-order valence-corrected chi connectivity index (χ4v) is 4.22. The van der Waals surface area contributed by atoms with Crippen molar-refractivity contribution in [2.24, 2.45) is 0 Å². The van der Waals surface area contributed by atoms with E-state index in [1.165, 1.54) is 0 Å². The second kappa shape index (κ2) is 7.87. The number of hydrogen-bond acceptors (Lipinski definition) is 7. The number of anilines is 1. The minimum Gasteiger partial charge on any atom is -0.493 e. The highest BCUT2D eigenvalue weighted by Crippen LogP contribution is 2.34. The van der Waals surface area contributed by atoms with Crippen molar-refractivity contribution in [3.8, 4) is 11.5 Å². The summed E-state index contributed by atoms with van der Waals surface area (Å²) < 4.78 is 12.5. The molecule has 0 radical (unpaired) electrons. The lowest BCUT2D eigenvalue weighted by molar-refractivity contribution is 0.352. The van der Waals surface area contributed by atoms with Crippen LogP contribution in [0.4, 0.5) is 5.95 Å². The summed E-state index contributed by atoms with van der Waals surface area (Å²) >= 11 is 6.31. The molecule has 2 N–H and O–H groups in total. The summed E-state index contributed by atoms with van der Waals surface area (Å²) in [6.07, 6.45) is 7.68. The first-order valence-corrected chi connectivity index (χ1v) is 9.82. The second-order valence-corrected chi connectivity index (χ2v) is 7.48. The highest BCUT2D eigenvalue weighted by atomic mass is 35.5. The molecule has 0 bridgehead atoms. The molecule has 1 aliphatic rings. The zero-order valence-corrected chi connectivity index (χ0v) is 17.1. The normalized spacial score (nSPS) is 14.4. The molecule has 3 aromatic rings. The van der Waals surface area contributed by atoms with Gasteiger partial charge in [0.05, 0.1) is 32.7 Å². The molecule has 0 saturated heterocycles. The molecular formula is C20H22ClN5O3. The van der Waals surface area contributed by atoms with Crippen LogP contribution in [0.15, 0.2) is 23.3 Å². The molecule has 1 saturated carbocycles. The van der Waals surface area contributed by atoms with E-state index >= 15 is 0 Å². The molecule has 4 rings (SSSR count). The van der Waals surface area contributed by atoms with Crippen molar-refractivity contribution >= 4 is 28.6 Å². The smallest absolute Gasteiger partial charge is 0.223 e. The van der Waals surface area contributed by atoms with Crippen molar-refractivity contribution in [3.05, 3.63) is 45.1 Å². The number of pyridine rings is 2. The van der Waals surface area contributed by atoms with Crippen molar-refractivity contribution in [1.82, 2.24) is 19.5 Å². The Morgan fingerprint density at radius 3 is 2.62 bits per heavy atom. The van der Waals surface area contributed by atoms with Crippen molar-refractivity contribution in [3.63, 3.8) is 0 Å². The second-order valence-electron chi connectivity index (χ2n) is 7.12. The Kier molecular flexibility index (Phi) is 5.27. The zero-order valence-electron chi connectivity index (χ0n) is 16.3. The molecule has 0 atom stereocenters. The molecule has 3 heterocycles. The fraction of sp³-hybridized carbons (Fsp3) is 0.400. The number of ether oxygens (including phenoxy) is 2. The maximum atomic E-state index is 13.2. The topological polar surface area (TPSA) is 105 Å². The predicted octanol–water partition coefficient (Wildman–Crippen LogP) is 3.15. The van der Waals surface area contributed by atoms with Gasteiger partial charge in [-0.3, -0.25) is 9.78 Å². The van der Waals surface area contributed by atoms with Crippen LogP contribution >= 0.6 is 11.6 Å². The van der Waals surface area contributed by atoms with E-state index in [1.807, 2.05) is 10.8 Å². The van der Waals surface area contributed by atoms with E-state index in [0.717, 1.165) is 36.9 Å². The molecule has 0 amide bonds. The van der Waals surface area contributed by atoms with E-state index in [4.69, 9.17) is 26.8 Å². The van der Waals surface area contributed by atoms with Gasteiger partial charge < -0.3 is 19.8 Å². The molecule has 0 spiro atoms. The molecule has 3 aromatic heterocycles. The van der Waals surface area contributed by atoms with Crippen LogP contribution in [0.5, 0.6) is 11.5 Å². The SMILES string of the molecule is COc1cnc(Cn2cc(C3CCCC3)c(=O)c3c(Cl)nc(N)nc32)cc1OC. The standard InChI is InChI=1S/C20H22ClN5O3/c1-28-14-7-12(23-8-15(14)29-2)9-26-10-13(11-5-3-4-6-11)17(27)16-18(21)24-20(22)25-19(16)26/h7-8,10-11H,3-6,9H2,1-2H3,(H2,22,24,25). The summed E-state index contributed by atoms with van der Waals surface area (Å²) in [5.41, 5.74) is 7.55. The Bertz CT molecular complexity index is 1130. The highest BCUT2D eigenvalue weighted by molar-refractivity contribution is 6.34. The van der Waals surface area contributed by atoms with Crippen molar-refractivity contribution < 1.29 is 9.47 Å². The summed E-state index contributed by atoms with van der Waals surface area (Å²) in [7, 11) is 3.13. The van der Waals surface area contributed by atoms with E-state index in [1.54, 1.807) is 26.5 Å². The molecule has 1 aliphatic carbocycles. The lowest BCUT2D eigenvalue weighted by Gasteiger charge is -2.17. The number of fused-ring (bicyclic) bond motifs is 1. The zero-order chi connectivity index (χ0) is 20.5. The summed E-state index contributed by atoms with van der Waals surface area (Å²) in [5.74, 6) is 1.35. The lowest BCUT2D eigenvalue weighted by atomic mass is 9.98. The van der Waals surface area contributed by atoms with Crippen LogP contribution in [0.3, 0.4) is 0 Å². The van der Waals surface area contributed by atoms with Gasteiger partial charge in [0.1, 0.15) is 10.5 Å². The van der Waals surface area contributed by atoms with Gasteiger partial charge in [-0.05, 0) is 18.8 Å². The van der Waals surface area contributed by atoms with E-state index in [0.29, 0.717) is 29.1 Å². The van der Waals surface area contributed by atoms with Gasteiger partial charge in [0.15, 0.2) is 22.6 Å². The molecule has 0 aromatic carbocycles. The minimum atomic E-state index is -0.117. The summed E-state index contributed by atoms with van der Waals surface area (Å²) in [5, 5.41) is 0.372. The highest BCUT2D eigenvalue weighted by Gasteiger charge is 2.24. The first-order valence-electron chi connectivity index (χ1n) is 9.44. The molecule has 8 nitrogen and oxygen atoms in total. The summed E-state index contributed by atoms with van der Waals surface area (Å²) in [4.78, 5) is 25.9. The Balaban J connectivity index is 1.88. The number of methoxy groups -OCH3 is 2. The maximum Gasteiger partial charge on any atom is 0.223 e. The van der Waals surface area contributed by atoms with Crippen LogP contribution in [-0.2, 0) is 6.54 Å². The third kappa shape index (κ3) is 3.60. The Labute approximate surface area is 172 Å². The van der Waals surface area contributed by atoms with Crippen LogP contribution in [0.2, 0.25) is 5.15 Å². The Hall–Kier alpha value is -2.87. The van der Waals surface area contributed by atoms with E-state index in [2.05, 4.69) is 15.0 Å². The van der Waals surface area contributed by atoms with Crippen LogP contribution in [0.1, 0.15) is 42.9 Å². The summed E-state index contributed by atoms with van der Waals surface area (Å²) in [6.45, 7) is 0.365. The number of aromatic nitrogens is 4. The van der Waals surface area contributed by atoms with Gasteiger partial charge >= 0.3 is 0 Å². The van der Waals surface area contributed by atoms with Gasteiger partial charge in [-0.15, -0.1) is 0 Å². The van der Waals surface area contributed by atoms with Gasteiger partial charge in [-0.25, -0.2) is 4.98 Å². The first-order chi connectivity index (χ1) is 14.0. The molecule has 0 aliphatic heterocycles. The van der Waals surface area contributed by atoms with E-state index in [-0.39, 0.29) is 22.4 Å². The van der Waals surface area contributed by atoms with Crippen LogP contribution < -0.4 is 20.6 Å². The number of halogens is 1. The fourth-order valence-electron chi connectivity index (χ4n) is 3.96. The van der Waals surface area contributed by atoms with Crippen LogP contribution in [0, 0.1) is 0 Å². The van der Waals surface area contributed by atoms with Gasteiger partial charge in [0.25, 0.3) is 0 Å². The average Bonchev–Trinajstić information content (AvgIpc) is 3.24. The van der Waals surface area contributed by atoms with Gasteiger partial charge in [0, 0.05) is 17.8 Å². The number of rotatable bonds is 5. The molecule has 29 heavy (non-hydrogen) atoms. The molecule has 9 heteroatoms. The maximum absolute atomic E-state index is 13.2. The number of nitrogen functional groups attached to an aromatic ring is 1. The van der Waals surface area contributed by atoms with Crippen LogP contribution in [0.25, 0.3) is 11.0 Å². The molecule has 0 unspecified atom stereocenters. The molecule has 1 fully saturated rings. The van der Waals surface area contributed by atoms with Crippen LogP contribution in [-0.4, -0.2) is 33.7 Å². The number of hydrogen-bond donors (Lipinski definition) is 1. The van der Waals surface area contributed by atoms with Crippen molar-refractivity contribution in [2.75, 3.05) is 20.0 Å². The van der Waals surface area contributed by atoms with Gasteiger partial charge in [-0.1, -0.05) is 24.4 Å². The third-order valence-corrected chi connectivity index (χ3v) is 5.65. The predicted molar refractivity (Wildman–Crippen MR) is 111 cm³/mol. The van der Waals surface area contributed by atoms with E-state index in [9.17, 15) is 4.79 Å². The van der Waals surface area contributed by atoms with Gasteiger partial charge in [-0.2, -0.15) is 4.98 Å². The van der Waals surface area contributed by atoms with Crippen molar-refractivity contribution in [2.45, 2.75) is 38.1 Å². The lowest BCUT2D eigenvalue weighted by Crippen LogP contribution is -2.20. The number of nitrogens with zero attached hydrogens (tertiary/aromatic N) is 4. The minimum absolute atomic E-state index is 0.0181. The average molecular weight is 416 g/mol. The Morgan fingerprint density at radius 2 is 1.93 bits per heavy atom. The molecular weight excluding hydrogens is 394 g/mol. The summed E-state index contributed by atoms with van der Waals surface area (Å²) in [6, 6.07) is 1.80. The quantitative estimate of drug-likeness (QED) is 0.638.